The van der Waals surface area contributed by atoms with Gasteiger partial charge in [0.15, 0.2) is 0 Å². The predicted octanol–water partition coefficient (Wildman–Crippen LogP) is 4.46. The molecular formula is C17H13BrFN3O. The van der Waals surface area contributed by atoms with Crippen LogP contribution in [0.25, 0.3) is 10.8 Å². The number of nitrogens with one attached hydrogen (secondary N) is 2. The molecular weight excluding hydrogens is 361 g/mol. The van der Waals surface area contributed by atoms with E-state index in [0.29, 0.717) is 17.6 Å². The Morgan fingerprint density at radius 2 is 1.96 bits per heavy atom. The van der Waals surface area contributed by atoms with Gasteiger partial charge in [-0.15, -0.1) is 0 Å². The molecule has 0 bridgehead atoms. The van der Waals surface area contributed by atoms with E-state index in [1.807, 2.05) is 30.3 Å². The number of nitrogens with zero attached hydrogens (tertiary/aromatic N) is 1. The van der Waals surface area contributed by atoms with Crippen LogP contribution in [0.1, 0.15) is 5.56 Å². The molecule has 116 valence electrons. The summed E-state index contributed by atoms with van der Waals surface area (Å²) in [7, 11) is 0. The molecule has 0 spiro atoms. The van der Waals surface area contributed by atoms with Crippen LogP contribution in [-0.2, 0) is 6.54 Å². The summed E-state index contributed by atoms with van der Waals surface area (Å²) in [5.41, 5.74) is 1.52. The second-order valence-corrected chi connectivity index (χ2v) is 5.88. The Labute approximate surface area is 140 Å². The largest absolute Gasteiger partial charge is 0.334 e. The molecule has 0 atom stereocenters. The molecule has 0 aliphatic heterocycles. The van der Waals surface area contributed by atoms with Gasteiger partial charge in [0.2, 0.25) is 5.95 Å². The minimum absolute atomic E-state index is 0.349. The van der Waals surface area contributed by atoms with Crippen molar-refractivity contribution in [3.63, 3.8) is 0 Å². The van der Waals surface area contributed by atoms with E-state index < -0.39 is 5.95 Å². The summed E-state index contributed by atoms with van der Waals surface area (Å²) in [6.07, 6.45) is 1.44. The molecule has 4 nitrogen and oxygen atoms in total. The molecule has 0 fully saturated rings. The highest BCUT2D eigenvalue weighted by molar-refractivity contribution is 9.10. The highest BCUT2D eigenvalue weighted by Gasteiger charge is 2.07. The third kappa shape index (κ3) is 3.84. The number of anilines is 1. The lowest BCUT2D eigenvalue weighted by atomic mass is 10.1. The third-order valence-corrected chi connectivity index (χ3v) is 3.87. The minimum atomic E-state index is -0.581. The van der Waals surface area contributed by atoms with Gasteiger partial charge in [-0.1, -0.05) is 40.2 Å². The van der Waals surface area contributed by atoms with Crippen molar-refractivity contribution in [1.82, 2.24) is 10.3 Å². The Kier molecular flexibility index (Phi) is 4.52. The van der Waals surface area contributed by atoms with Gasteiger partial charge in [-0.25, -0.2) is 9.78 Å². The zero-order valence-electron chi connectivity index (χ0n) is 12.0. The maximum absolute atomic E-state index is 13.3. The molecule has 0 aliphatic rings. The van der Waals surface area contributed by atoms with Crippen LogP contribution in [0.4, 0.5) is 14.9 Å². The van der Waals surface area contributed by atoms with Crippen LogP contribution in [0, 0.1) is 5.95 Å². The zero-order valence-corrected chi connectivity index (χ0v) is 13.6. The molecule has 2 amide bonds. The van der Waals surface area contributed by atoms with Gasteiger partial charge in [-0.3, -0.25) is 0 Å². The average Bonchev–Trinajstić information content (AvgIpc) is 2.55. The fraction of sp³-hybridized carbons (Fsp3) is 0.0588. The second kappa shape index (κ2) is 6.75. The number of amides is 2. The molecule has 2 aromatic carbocycles. The SMILES string of the molecule is O=C(NCc1ccc(Br)cc1)Nc1cccc2cnc(F)cc12. The number of fused-ring (bicyclic) bond motifs is 1. The normalized spacial score (nSPS) is 10.5. The molecule has 0 saturated heterocycles. The summed E-state index contributed by atoms with van der Waals surface area (Å²) in [6.45, 7) is 0.403. The molecule has 3 rings (SSSR count). The van der Waals surface area contributed by atoms with E-state index in [0.717, 1.165) is 15.4 Å². The van der Waals surface area contributed by atoms with Crippen LogP contribution in [0.15, 0.2) is 59.2 Å². The van der Waals surface area contributed by atoms with Crippen LogP contribution in [0.3, 0.4) is 0 Å². The fourth-order valence-electron chi connectivity index (χ4n) is 2.20. The van der Waals surface area contributed by atoms with Crippen molar-refractivity contribution >= 4 is 38.4 Å². The summed E-state index contributed by atoms with van der Waals surface area (Å²) in [6, 6.07) is 13.9. The highest BCUT2D eigenvalue weighted by Crippen LogP contribution is 2.23. The van der Waals surface area contributed by atoms with E-state index in [1.165, 1.54) is 12.3 Å². The standard InChI is InChI=1S/C17H13BrFN3O/c18-13-6-4-11(5-7-13)9-21-17(23)22-15-3-1-2-12-10-20-16(19)8-14(12)15/h1-8,10H,9H2,(H2,21,22,23). The van der Waals surface area contributed by atoms with Gasteiger partial charge in [0.05, 0.1) is 5.69 Å². The number of hydrogen-bond acceptors (Lipinski definition) is 2. The highest BCUT2D eigenvalue weighted by atomic mass is 79.9. The maximum atomic E-state index is 13.3. The molecule has 23 heavy (non-hydrogen) atoms. The Bertz CT molecular complexity index is 852. The molecule has 1 heterocycles. The average molecular weight is 374 g/mol. The third-order valence-electron chi connectivity index (χ3n) is 3.34. The molecule has 0 aliphatic carbocycles. The van der Waals surface area contributed by atoms with E-state index in [1.54, 1.807) is 12.1 Å². The van der Waals surface area contributed by atoms with Gasteiger partial charge >= 0.3 is 6.03 Å². The van der Waals surface area contributed by atoms with E-state index in [2.05, 4.69) is 31.5 Å². The number of urea groups is 1. The Hall–Kier alpha value is -2.47. The number of hydrogen-bond donors (Lipinski definition) is 2. The summed E-state index contributed by atoms with van der Waals surface area (Å²) >= 11 is 3.36. The first-order valence-corrected chi connectivity index (χ1v) is 7.75. The van der Waals surface area contributed by atoms with Crippen molar-refractivity contribution in [3.8, 4) is 0 Å². The molecule has 0 unspecified atom stereocenters. The van der Waals surface area contributed by atoms with Gasteiger partial charge in [0, 0.05) is 34.1 Å². The van der Waals surface area contributed by atoms with Crippen LogP contribution < -0.4 is 10.6 Å². The van der Waals surface area contributed by atoms with Gasteiger partial charge in [-0.05, 0) is 23.8 Å². The quantitative estimate of drug-likeness (QED) is 0.666. The lowest BCUT2D eigenvalue weighted by Crippen LogP contribution is -2.28. The van der Waals surface area contributed by atoms with E-state index in [9.17, 15) is 9.18 Å². The molecule has 6 heteroatoms. The summed E-state index contributed by atoms with van der Waals surface area (Å²) in [5, 5.41) is 6.88. The summed E-state index contributed by atoms with van der Waals surface area (Å²) in [4.78, 5) is 15.7. The van der Waals surface area contributed by atoms with Crippen molar-refractivity contribution in [2.45, 2.75) is 6.54 Å². The Balaban J connectivity index is 1.70. The topological polar surface area (TPSA) is 54.0 Å². The Morgan fingerprint density at radius 1 is 1.17 bits per heavy atom. The molecule has 3 aromatic rings. The van der Waals surface area contributed by atoms with E-state index >= 15 is 0 Å². The van der Waals surface area contributed by atoms with Gasteiger partial charge in [-0.2, -0.15) is 4.39 Å². The van der Waals surface area contributed by atoms with Crippen molar-refractivity contribution in [1.29, 1.82) is 0 Å². The fourth-order valence-corrected chi connectivity index (χ4v) is 2.47. The van der Waals surface area contributed by atoms with Crippen LogP contribution >= 0.6 is 15.9 Å². The van der Waals surface area contributed by atoms with Crippen molar-refractivity contribution in [3.05, 3.63) is 70.7 Å². The molecule has 0 saturated carbocycles. The number of halogens is 2. The Morgan fingerprint density at radius 3 is 2.74 bits per heavy atom. The van der Waals surface area contributed by atoms with E-state index in [-0.39, 0.29) is 6.03 Å². The monoisotopic (exact) mass is 373 g/mol. The number of carbonyl (C=O) groups is 1. The smallest absolute Gasteiger partial charge is 0.319 e. The molecule has 0 radical (unpaired) electrons. The first kappa shape index (κ1) is 15.4. The van der Waals surface area contributed by atoms with Crippen LogP contribution in [0.2, 0.25) is 0 Å². The number of carbonyl (C=O) groups excluding carboxylic acids is 1. The minimum Gasteiger partial charge on any atom is -0.334 e. The second-order valence-electron chi connectivity index (χ2n) is 4.97. The predicted molar refractivity (Wildman–Crippen MR) is 91.7 cm³/mol. The van der Waals surface area contributed by atoms with Gasteiger partial charge in [0.25, 0.3) is 0 Å². The van der Waals surface area contributed by atoms with Crippen molar-refractivity contribution < 1.29 is 9.18 Å². The molecule has 1 aromatic heterocycles. The van der Waals surface area contributed by atoms with E-state index in [4.69, 9.17) is 0 Å². The van der Waals surface area contributed by atoms with Crippen molar-refractivity contribution in [2.75, 3.05) is 5.32 Å². The van der Waals surface area contributed by atoms with Gasteiger partial charge in [0.1, 0.15) is 0 Å². The maximum Gasteiger partial charge on any atom is 0.319 e. The number of aromatic nitrogens is 1. The van der Waals surface area contributed by atoms with Crippen LogP contribution in [0.5, 0.6) is 0 Å². The first-order chi connectivity index (χ1) is 11.1. The zero-order chi connectivity index (χ0) is 16.2. The van der Waals surface area contributed by atoms with Crippen LogP contribution in [-0.4, -0.2) is 11.0 Å². The summed E-state index contributed by atoms with van der Waals surface area (Å²) < 4.78 is 14.3. The van der Waals surface area contributed by atoms with Gasteiger partial charge < -0.3 is 10.6 Å². The number of benzene rings is 2. The summed E-state index contributed by atoms with van der Waals surface area (Å²) in [5.74, 6) is -0.581. The first-order valence-electron chi connectivity index (χ1n) is 6.95. The number of rotatable bonds is 3. The molecule has 2 N–H and O–H groups in total. The van der Waals surface area contributed by atoms with Crippen molar-refractivity contribution in [2.24, 2.45) is 0 Å². The number of pyridine rings is 1. The lowest BCUT2D eigenvalue weighted by molar-refractivity contribution is 0.252. The lowest BCUT2D eigenvalue weighted by Gasteiger charge is -2.10.